The van der Waals surface area contributed by atoms with E-state index < -0.39 is 4.92 Å². The molecule has 1 aliphatic rings. The lowest BCUT2D eigenvalue weighted by Gasteiger charge is -2.30. The molecule has 2 rings (SSSR count). The molecule has 1 aromatic rings. The lowest BCUT2D eigenvalue weighted by atomic mass is 9.99. The van der Waals surface area contributed by atoms with Gasteiger partial charge in [0.1, 0.15) is 0 Å². The summed E-state index contributed by atoms with van der Waals surface area (Å²) in [5, 5.41) is 16.9. The normalized spacial score (nSPS) is 21.2. The summed E-state index contributed by atoms with van der Waals surface area (Å²) in [6.07, 6.45) is 1.91. The predicted octanol–water partition coefficient (Wildman–Crippen LogP) is 2.54. The van der Waals surface area contributed by atoms with Crippen molar-refractivity contribution in [1.82, 2.24) is 10.6 Å². The standard InChI is InChI=1S/C13H16ClN3O3.ClH/c1-8-12(3-2-6-15-8)16-13(18)10-5-4-9(17(19)20)7-11(10)14;/h4-5,7-8,12,15H,2-3,6H2,1H3,(H,16,18);1H. The summed E-state index contributed by atoms with van der Waals surface area (Å²) in [4.78, 5) is 22.3. The van der Waals surface area contributed by atoms with Crippen LogP contribution in [0.3, 0.4) is 0 Å². The van der Waals surface area contributed by atoms with Gasteiger partial charge in [-0.3, -0.25) is 14.9 Å². The number of nitro benzene ring substituents is 1. The van der Waals surface area contributed by atoms with Gasteiger partial charge >= 0.3 is 0 Å². The lowest BCUT2D eigenvalue weighted by Crippen LogP contribution is -2.51. The molecule has 0 aliphatic carbocycles. The minimum atomic E-state index is -0.541. The number of halogens is 2. The van der Waals surface area contributed by atoms with Gasteiger partial charge in [0.05, 0.1) is 15.5 Å². The van der Waals surface area contributed by atoms with Crippen LogP contribution < -0.4 is 10.6 Å². The third kappa shape index (κ3) is 4.30. The summed E-state index contributed by atoms with van der Waals surface area (Å²) in [5.74, 6) is -0.301. The minimum Gasteiger partial charge on any atom is -0.348 e. The molecule has 2 unspecified atom stereocenters. The summed E-state index contributed by atoms with van der Waals surface area (Å²) in [6.45, 7) is 2.97. The van der Waals surface area contributed by atoms with Gasteiger partial charge in [-0.2, -0.15) is 0 Å². The molecular weight excluding hydrogens is 317 g/mol. The van der Waals surface area contributed by atoms with Gasteiger partial charge < -0.3 is 10.6 Å². The third-order valence-electron chi connectivity index (χ3n) is 3.49. The maximum absolute atomic E-state index is 12.2. The Balaban J connectivity index is 0.00000220. The molecular formula is C13H17Cl2N3O3. The average molecular weight is 334 g/mol. The SMILES string of the molecule is CC1NCCCC1NC(=O)c1ccc([N+](=O)[O-])cc1Cl.Cl. The van der Waals surface area contributed by atoms with E-state index in [2.05, 4.69) is 10.6 Å². The zero-order valence-corrected chi connectivity index (χ0v) is 13.0. The number of hydrogen-bond acceptors (Lipinski definition) is 4. The van der Waals surface area contributed by atoms with Crippen molar-refractivity contribution < 1.29 is 9.72 Å². The fraction of sp³-hybridized carbons (Fsp3) is 0.462. The van der Waals surface area contributed by atoms with Crippen LogP contribution in [-0.4, -0.2) is 29.5 Å². The van der Waals surface area contributed by atoms with E-state index in [1.54, 1.807) is 0 Å². The summed E-state index contributed by atoms with van der Waals surface area (Å²) < 4.78 is 0. The van der Waals surface area contributed by atoms with Crippen LogP contribution >= 0.6 is 24.0 Å². The summed E-state index contributed by atoms with van der Waals surface area (Å²) in [6, 6.07) is 4.10. The van der Waals surface area contributed by atoms with Gasteiger partial charge in [-0.15, -0.1) is 12.4 Å². The van der Waals surface area contributed by atoms with Crippen LogP contribution in [0.1, 0.15) is 30.1 Å². The number of nitro groups is 1. The van der Waals surface area contributed by atoms with Gasteiger partial charge in [0, 0.05) is 24.2 Å². The smallest absolute Gasteiger partial charge is 0.270 e. The first-order chi connectivity index (χ1) is 9.49. The quantitative estimate of drug-likeness (QED) is 0.657. The zero-order valence-electron chi connectivity index (χ0n) is 11.5. The van der Waals surface area contributed by atoms with Crippen LogP contribution in [-0.2, 0) is 0 Å². The van der Waals surface area contributed by atoms with Crippen LogP contribution in [0, 0.1) is 10.1 Å². The fourth-order valence-corrected chi connectivity index (χ4v) is 2.55. The van der Waals surface area contributed by atoms with E-state index in [9.17, 15) is 14.9 Å². The first-order valence-electron chi connectivity index (χ1n) is 6.47. The maximum Gasteiger partial charge on any atom is 0.270 e. The molecule has 2 atom stereocenters. The van der Waals surface area contributed by atoms with Crippen LogP contribution in [0.4, 0.5) is 5.69 Å². The molecule has 0 saturated carbocycles. The molecule has 1 saturated heterocycles. The van der Waals surface area contributed by atoms with Crippen LogP contribution in [0.2, 0.25) is 5.02 Å². The van der Waals surface area contributed by atoms with E-state index in [0.29, 0.717) is 0 Å². The Morgan fingerprint density at radius 1 is 1.52 bits per heavy atom. The molecule has 8 heteroatoms. The van der Waals surface area contributed by atoms with E-state index in [-0.39, 0.29) is 46.7 Å². The molecule has 0 radical (unpaired) electrons. The van der Waals surface area contributed by atoms with Crippen molar-refractivity contribution in [2.45, 2.75) is 31.8 Å². The van der Waals surface area contributed by atoms with E-state index in [4.69, 9.17) is 11.6 Å². The number of carbonyl (C=O) groups excluding carboxylic acids is 1. The zero-order chi connectivity index (χ0) is 14.7. The average Bonchev–Trinajstić information content (AvgIpc) is 2.41. The Kier molecular flexibility index (Phi) is 6.39. The van der Waals surface area contributed by atoms with Crippen LogP contribution in [0.5, 0.6) is 0 Å². The van der Waals surface area contributed by atoms with Crippen molar-refractivity contribution in [3.8, 4) is 0 Å². The number of rotatable bonds is 3. The molecule has 2 N–H and O–H groups in total. The summed E-state index contributed by atoms with van der Waals surface area (Å²) in [5.41, 5.74) is 0.134. The van der Waals surface area contributed by atoms with E-state index in [1.807, 2.05) is 6.92 Å². The highest BCUT2D eigenvalue weighted by Crippen LogP contribution is 2.22. The molecule has 6 nitrogen and oxygen atoms in total. The van der Waals surface area contributed by atoms with E-state index >= 15 is 0 Å². The monoisotopic (exact) mass is 333 g/mol. The Labute approximate surface area is 133 Å². The van der Waals surface area contributed by atoms with Crippen molar-refractivity contribution in [2.24, 2.45) is 0 Å². The second kappa shape index (κ2) is 7.59. The predicted molar refractivity (Wildman–Crippen MR) is 83.3 cm³/mol. The third-order valence-corrected chi connectivity index (χ3v) is 3.80. The Morgan fingerprint density at radius 3 is 2.81 bits per heavy atom. The first-order valence-corrected chi connectivity index (χ1v) is 6.85. The molecule has 0 aromatic heterocycles. The molecule has 1 aliphatic heterocycles. The van der Waals surface area contributed by atoms with Gasteiger partial charge in [0.2, 0.25) is 0 Å². The van der Waals surface area contributed by atoms with Crippen LogP contribution in [0.15, 0.2) is 18.2 Å². The van der Waals surface area contributed by atoms with Crippen molar-refractivity contribution in [2.75, 3.05) is 6.54 Å². The largest absolute Gasteiger partial charge is 0.348 e. The summed E-state index contributed by atoms with van der Waals surface area (Å²) in [7, 11) is 0. The number of benzene rings is 1. The number of amides is 1. The van der Waals surface area contributed by atoms with Gasteiger partial charge in [-0.05, 0) is 32.4 Å². The number of nitrogens with one attached hydrogen (secondary N) is 2. The second-order valence-electron chi connectivity index (χ2n) is 4.89. The topological polar surface area (TPSA) is 84.3 Å². The summed E-state index contributed by atoms with van der Waals surface area (Å²) >= 11 is 5.94. The van der Waals surface area contributed by atoms with Crippen molar-refractivity contribution in [3.05, 3.63) is 38.9 Å². The van der Waals surface area contributed by atoms with Gasteiger partial charge in [-0.1, -0.05) is 11.6 Å². The molecule has 0 bridgehead atoms. The van der Waals surface area contributed by atoms with Gasteiger partial charge in [-0.25, -0.2) is 0 Å². The number of piperidine rings is 1. The molecule has 1 fully saturated rings. The van der Waals surface area contributed by atoms with Gasteiger partial charge in [0.15, 0.2) is 0 Å². The number of carbonyl (C=O) groups is 1. The van der Waals surface area contributed by atoms with E-state index in [1.165, 1.54) is 18.2 Å². The lowest BCUT2D eigenvalue weighted by molar-refractivity contribution is -0.384. The van der Waals surface area contributed by atoms with Crippen molar-refractivity contribution >= 4 is 35.6 Å². The number of non-ortho nitro benzene ring substituents is 1. The van der Waals surface area contributed by atoms with E-state index in [0.717, 1.165) is 19.4 Å². The van der Waals surface area contributed by atoms with Gasteiger partial charge in [0.25, 0.3) is 11.6 Å². The van der Waals surface area contributed by atoms with Crippen molar-refractivity contribution in [1.29, 1.82) is 0 Å². The highest BCUT2D eigenvalue weighted by molar-refractivity contribution is 6.34. The Bertz CT molecular complexity index is 539. The molecule has 1 heterocycles. The Morgan fingerprint density at radius 2 is 2.24 bits per heavy atom. The number of nitrogens with zero attached hydrogens (tertiary/aromatic N) is 1. The van der Waals surface area contributed by atoms with Crippen LogP contribution in [0.25, 0.3) is 0 Å². The molecule has 1 aromatic carbocycles. The second-order valence-corrected chi connectivity index (χ2v) is 5.29. The molecule has 0 spiro atoms. The first kappa shape index (κ1) is 17.7. The molecule has 21 heavy (non-hydrogen) atoms. The fourth-order valence-electron chi connectivity index (χ4n) is 2.29. The molecule has 116 valence electrons. The minimum absolute atomic E-state index is 0. The molecule has 1 amide bonds. The highest BCUT2D eigenvalue weighted by Gasteiger charge is 2.24. The highest BCUT2D eigenvalue weighted by atomic mass is 35.5. The number of hydrogen-bond donors (Lipinski definition) is 2. The van der Waals surface area contributed by atoms with Crippen molar-refractivity contribution in [3.63, 3.8) is 0 Å². The Hall–Kier alpha value is -1.37. The maximum atomic E-state index is 12.2.